The second kappa shape index (κ2) is 4.78. The zero-order valence-corrected chi connectivity index (χ0v) is 9.47. The molecule has 0 saturated heterocycles. The van der Waals surface area contributed by atoms with E-state index < -0.39 is 12.0 Å². The van der Waals surface area contributed by atoms with Gasteiger partial charge in [-0.1, -0.05) is 0 Å². The van der Waals surface area contributed by atoms with Crippen LogP contribution in [0.3, 0.4) is 0 Å². The van der Waals surface area contributed by atoms with E-state index in [1.807, 2.05) is 13.8 Å². The Bertz CT molecular complexity index is 398. The molecule has 6 heteroatoms. The van der Waals surface area contributed by atoms with Gasteiger partial charge in [0.25, 0.3) is 5.91 Å². The number of hydrogen-bond donors (Lipinski definition) is 2. The number of nitrogens with zero attached hydrogens (tertiary/aromatic N) is 2. The van der Waals surface area contributed by atoms with Crippen molar-refractivity contribution in [1.82, 2.24) is 15.1 Å². The fourth-order valence-electron chi connectivity index (χ4n) is 1.24. The average molecular weight is 225 g/mol. The number of aliphatic carboxylic acids is 1. The Hall–Kier alpha value is -1.85. The van der Waals surface area contributed by atoms with Crippen molar-refractivity contribution in [3.63, 3.8) is 0 Å². The lowest BCUT2D eigenvalue weighted by molar-refractivity contribution is -0.140. The topological polar surface area (TPSA) is 84.2 Å². The van der Waals surface area contributed by atoms with Gasteiger partial charge in [0.05, 0.1) is 0 Å². The number of aromatic nitrogens is 2. The van der Waals surface area contributed by atoms with Gasteiger partial charge in [0.15, 0.2) is 0 Å². The van der Waals surface area contributed by atoms with Gasteiger partial charge in [0.1, 0.15) is 11.7 Å². The highest BCUT2D eigenvalue weighted by molar-refractivity contribution is 5.93. The Balaban J connectivity index is 2.94. The molecule has 1 amide bonds. The summed E-state index contributed by atoms with van der Waals surface area (Å²) in [5, 5.41) is 15.4. The predicted octanol–water partition coefficient (Wildman–Crippen LogP) is 0.667. The first-order chi connectivity index (χ1) is 7.43. The van der Waals surface area contributed by atoms with Crippen LogP contribution in [0.2, 0.25) is 0 Å². The van der Waals surface area contributed by atoms with Crippen molar-refractivity contribution in [2.75, 3.05) is 0 Å². The third-order valence-corrected chi connectivity index (χ3v) is 2.05. The second-order valence-corrected chi connectivity index (χ2v) is 3.80. The van der Waals surface area contributed by atoms with Crippen molar-refractivity contribution in [2.24, 2.45) is 0 Å². The summed E-state index contributed by atoms with van der Waals surface area (Å²) >= 11 is 0. The van der Waals surface area contributed by atoms with Crippen LogP contribution in [-0.4, -0.2) is 32.8 Å². The summed E-state index contributed by atoms with van der Waals surface area (Å²) in [5.74, 6) is -1.34. The number of rotatable bonds is 4. The van der Waals surface area contributed by atoms with Gasteiger partial charge in [-0.15, -0.1) is 0 Å². The number of amides is 1. The van der Waals surface area contributed by atoms with Gasteiger partial charge >= 0.3 is 5.97 Å². The standard InChI is InChI=1S/C10H15N3O3/c1-6(2)12-9(14)8-4-5-11-13(8)7(3)10(15)16/h4-7H,1-3H3,(H,12,14)(H,15,16). The molecule has 0 saturated carbocycles. The van der Waals surface area contributed by atoms with E-state index in [2.05, 4.69) is 10.4 Å². The van der Waals surface area contributed by atoms with Gasteiger partial charge in [0.2, 0.25) is 0 Å². The molecule has 1 rings (SSSR count). The van der Waals surface area contributed by atoms with Crippen LogP contribution < -0.4 is 5.32 Å². The van der Waals surface area contributed by atoms with Crippen LogP contribution in [0.15, 0.2) is 12.3 Å². The Morgan fingerprint density at radius 3 is 2.56 bits per heavy atom. The predicted molar refractivity (Wildman–Crippen MR) is 57.2 cm³/mol. The lowest BCUT2D eigenvalue weighted by atomic mass is 10.3. The third-order valence-electron chi connectivity index (χ3n) is 2.05. The SMILES string of the molecule is CC(C)NC(=O)c1ccnn1C(C)C(=O)O. The summed E-state index contributed by atoms with van der Waals surface area (Å²) < 4.78 is 1.19. The number of carboxylic acids is 1. The first-order valence-corrected chi connectivity index (χ1v) is 5.00. The highest BCUT2D eigenvalue weighted by Gasteiger charge is 2.20. The zero-order chi connectivity index (χ0) is 12.3. The minimum atomic E-state index is -1.03. The van der Waals surface area contributed by atoms with Crippen LogP contribution in [-0.2, 0) is 4.79 Å². The van der Waals surface area contributed by atoms with E-state index in [1.54, 1.807) is 0 Å². The Morgan fingerprint density at radius 1 is 1.44 bits per heavy atom. The van der Waals surface area contributed by atoms with E-state index in [0.29, 0.717) is 0 Å². The van der Waals surface area contributed by atoms with Crippen LogP contribution in [0.5, 0.6) is 0 Å². The molecule has 6 nitrogen and oxygen atoms in total. The largest absolute Gasteiger partial charge is 0.480 e. The maximum atomic E-state index is 11.7. The van der Waals surface area contributed by atoms with E-state index in [9.17, 15) is 9.59 Å². The van der Waals surface area contributed by atoms with Crippen molar-refractivity contribution in [3.05, 3.63) is 18.0 Å². The minimum absolute atomic E-state index is 0.00372. The number of nitrogens with one attached hydrogen (secondary N) is 1. The maximum absolute atomic E-state index is 11.7. The van der Waals surface area contributed by atoms with Crippen molar-refractivity contribution in [1.29, 1.82) is 0 Å². The lowest BCUT2D eigenvalue weighted by Crippen LogP contribution is -2.33. The quantitative estimate of drug-likeness (QED) is 0.788. The number of hydrogen-bond acceptors (Lipinski definition) is 3. The van der Waals surface area contributed by atoms with Gasteiger partial charge in [-0.25, -0.2) is 9.48 Å². The van der Waals surface area contributed by atoms with Gasteiger partial charge in [-0.2, -0.15) is 5.10 Å². The molecule has 2 N–H and O–H groups in total. The molecule has 1 aromatic rings. The second-order valence-electron chi connectivity index (χ2n) is 3.80. The molecule has 0 aliphatic heterocycles. The minimum Gasteiger partial charge on any atom is -0.480 e. The van der Waals surface area contributed by atoms with Gasteiger partial charge in [-0.3, -0.25) is 4.79 Å². The van der Waals surface area contributed by atoms with E-state index >= 15 is 0 Å². The molecule has 0 aromatic carbocycles. The van der Waals surface area contributed by atoms with Crippen molar-refractivity contribution in [3.8, 4) is 0 Å². The van der Waals surface area contributed by atoms with Crippen LogP contribution in [0, 0.1) is 0 Å². The molecule has 1 atom stereocenters. The van der Waals surface area contributed by atoms with E-state index in [1.165, 1.54) is 23.9 Å². The van der Waals surface area contributed by atoms with Gasteiger partial charge in [0, 0.05) is 12.2 Å². The van der Waals surface area contributed by atoms with Crippen LogP contribution in [0.4, 0.5) is 0 Å². The first kappa shape index (κ1) is 12.2. The van der Waals surface area contributed by atoms with Crippen LogP contribution >= 0.6 is 0 Å². The summed E-state index contributed by atoms with van der Waals surface area (Å²) in [5.41, 5.74) is 0.253. The van der Waals surface area contributed by atoms with E-state index in [-0.39, 0.29) is 17.6 Å². The summed E-state index contributed by atoms with van der Waals surface area (Å²) in [6, 6.07) is 0.635. The number of carbonyl (C=O) groups is 2. The molecule has 0 aliphatic rings. The molecule has 16 heavy (non-hydrogen) atoms. The lowest BCUT2D eigenvalue weighted by Gasteiger charge is -2.12. The normalized spacial score (nSPS) is 12.5. The summed E-state index contributed by atoms with van der Waals surface area (Å²) in [7, 11) is 0. The van der Waals surface area contributed by atoms with Crippen LogP contribution in [0.1, 0.15) is 37.3 Å². The Kier molecular flexibility index (Phi) is 3.65. The monoisotopic (exact) mass is 225 g/mol. The highest BCUT2D eigenvalue weighted by Crippen LogP contribution is 2.09. The molecule has 1 heterocycles. The molecule has 1 aromatic heterocycles. The van der Waals surface area contributed by atoms with Gasteiger partial charge in [-0.05, 0) is 26.8 Å². The van der Waals surface area contributed by atoms with Crippen LogP contribution in [0.25, 0.3) is 0 Å². The number of carboxylic acid groups (broad SMARTS) is 1. The molecular weight excluding hydrogens is 210 g/mol. The van der Waals surface area contributed by atoms with Crippen molar-refractivity contribution < 1.29 is 14.7 Å². The smallest absolute Gasteiger partial charge is 0.328 e. The molecule has 0 spiro atoms. The fraction of sp³-hybridized carbons (Fsp3) is 0.500. The Morgan fingerprint density at radius 2 is 2.06 bits per heavy atom. The molecule has 0 aliphatic carbocycles. The zero-order valence-electron chi connectivity index (χ0n) is 9.47. The highest BCUT2D eigenvalue weighted by atomic mass is 16.4. The molecule has 88 valence electrons. The first-order valence-electron chi connectivity index (χ1n) is 5.00. The summed E-state index contributed by atoms with van der Waals surface area (Å²) in [6.07, 6.45) is 1.41. The van der Waals surface area contributed by atoms with Crippen molar-refractivity contribution in [2.45, 2.75) is 32.9 Å². The van der Waals surface area contributed by atoms with E-state index in [0.717, 1.165) is 0 Å². The van der Waals surface area contributed by atoms with Gasteiger partial charge < -0.3 is 10.4 Å². The third kappa shape index (κ3) is 2.59. The molecular formula is C10H15N3O3. The molecule has 0 fully saturated rings. The summed E-state index contributed by atoms with van der Waals surface area (Å²) in [4.78, 5) is 22.5. The maximum Gasteiger partial charge on any atom is 0.328 e. The summed E-state index contributed by atoms with van der Waals surface area (Å²) in [6.45, 7) is 5.14. The van der Waals surface area contributed by atoms with E-state index in [4.69, 9.17) is 5.11 Å². The fourth-order valence-corrected chi connectivity index (χ4v) is 1.24. The van der Waals surface area contributed by atoms with Crippen molar-refractivity contribution >= 4 is 11.9 Å². The molecule has 0 radical (unpaired) electrons. The average Bonchev–Trinajstić information content (AvgIpc) is 2.63. The molecule has 0 bridgehead atoms. The number of carbonyl (C=O) groups excluding carboxylic acids is 1. The Labute approximate surface area is 93.3 Å². The molecule has 1 unspecified atom stereocenters.